The minimum Gasteiger partial charge on any atom is -0.494 e. The fourth-order valence-electron chi connectivity index (χ4n) is 4.12. The van der Waals surface area contributed by atoms with Crippen molar-refractivity contribution >= 4 is 38.6 Å². The van der Waals surface area contributed by atoms with Gasteiger partial charge in [0.05, 0.1) is 23.6 Å². The number of carbonyl (C=O) groups is 1. The quantitative estimate of drug-likeness (QED) is 0.343. The topological polar surface area (TPSA) is 72.6 Å². The van der Waals surface area contributed by atoms with Crippen LogP contribution in [0.4, 0.5) is 5.82 Å². The Hall–Kier alpha value is -3.45. The van der Waals surface area contributed by atoms with E-state index in [0.29, 0.717) is 29.0 Å². The predicted octanol–water partition coefficient (Wildman–Crippen LogP) is 5.80. The Morgan fingerprint density at radius 1 is 1.09 bits per heavy atom. The van der Waals surface area contributed by atoms with Gasteiger partial charge in [0.1, 0.15) is 17.2 Å². The van der Waals surface area contributed by atoms with E-state index in [4.69, 9.17) is 9.15 Å². The average Bonchev–Trinajstić information content (AvgIpc) is 3.11. The number of pyridine rings is 1. The molecule has 0 saturated carbocycles. The van der Waals surface area contributed by atoms with E-state index in [1.54, 1.807) is 29.3 Å². The van der Waals surface area contributed by atoms with E-state index in [1.165, 1.54) is 0 Å². The Morgan fingerprint density at radius 3 is 2.61 bits per heavy atom. The lowest BCUT2D eigenvalue weighted by Gasteiger charge is -2.24. The molecular weight excluding hydrogens is 484 g/mol. The molecule has 1 atom stereocenters. The molecule has 1 aliphatic rings. The Bertz CT molecular complexity index is 1430. The Morgan fingerprint density at radius 2 is 1.88 bits per heavy atom. The maximum Gasteiger partial charge on any atom is 0.296 e. The van der Waals surface area contributed by atoms with Crippen molar-refractivity contribution in [1.29, 1.82) is 0 Å². The highest BCUT2D eigenvalue weighted by molar-refractivity contribution is 9.10. The summed E-state index contributed by atoms with van der Waals surface area (Å²) in [6.07, 6.45) is 2.56. The summed E-state index contributed by atoms with van der Waals surface area (Å²) in [6, 6.07) is 15.7. The molecule has 2 aromatic heterocycles. The summed E-state index contributed by atoms with van der Waals surface area (Å²) >= 11 is 3.42. The number of hydrogen-bond acceptors (Lipinski definition) is 5. The molecule has 2 aromatic carbocycles. The largest absolute Gasteiger partial charge is 0.494 e. The molecule has 1 aliphatic heterocycles. The molecule has 0 aliphatic carbocycles. The van der Waals surface area contributed by atoms with Crippen LogP contribution in [0.5, 0.6) is 5.75 Å². The zero-order chi connectivity index (χ0) is 23.1. The maximum absolute atomic E-state index is 13.6. The summed E-state index contributed by atoms with van der Waals surface area (Å²) in [5.74, 6) is 0.864. The summed E-state index contributed by atoms with van der Waals surface area (Å²) in [4.78, 5) is 33.2. The highest BCUT2D eigenvalue weighted by Gasteiger charge is 2.44. The Labute approximate surface area is 198 Å². The third-order valence-corrected chi connectivity index (χ3v) is 6.14. The number of benzene rings is 2. The first-order valence-electron chi connectivity index (χ1n) is 10.7. The molecule has 1 unspecified atom stereocenters. The fraction of sp³-hybridized carbons (Fsp3) is 0.192. The van der Waals surface area contributed by atoms with E-state index in [9.17, 15) is 9.59 Å². The van der Waals surface area contributed by atoms with Gasteiger partial charge >= 0.3 is 0 Å². The van der Waals surface area contributed by atoms with Gasteiger partial charge in [-0.05, 0) is 66.9 Å². The van der Waals surface area contributed by atoms with Gasteiger partial charge in [-0.1, -0.05) is 35.0 Å². The molecule has 3 heterocycles. The van der Waals surface area contributed by atoms with Crippen LogP contribution in [0.25, 0.3) is 11.0 Å². The molecule has 4 aromatic rings. The highest BCUT2D eigenvalue weighted by Crippen LogP contribution is 2.41. The minimum atomic E-state index is -0.665. The molecule has 1 amide bonds. The van der Waals surface area contributed by atoms with Gasteiger partial charge in [0.15, 0.2) is 5.43 Å². The Balaban J connectivity index is 1.73. The predicted molar refractivity (Wildman–Crippen MR) is 130 cm³/mol. The van der Waals surface area contributed by atoms with E-state index in [2.05, 4.69) is 20.9 Å². The van der Waals surface area contributed by atoms with E-state index >= 15 is 0 Å². The van der Waals surface area contributed by atoms with Crippen LogP contribution in [0.1, 0.15) is 46.6 Å². The Kier molecular flexibility index (Phi) is 5.50. The first kappa shape index (κ1) is 21.4. The van der Waals surface area contributed by atoms with Crippen molar-refractivity contribution in [3.63, 3.8) is 0 Å². The zero-order valence-electron chi connectivity index (χ0n) is 18.2. The van der Waals surface area contributed by atoms with Crippen molar-refractivity contribution in [1.82, 2.24) is 4.98 Å². The molecule has 0 spiro atoms. The van der Waals surface area contributed by atoms with E-state index < -0.39 is 6.04 Å². The monoisotopic (exact) mass is 504 g/mol. The minimum absolute atomic E-state index is 0.0504. The SMILES string of the molecule is CCCOc1ccc(C2c3c(oc4ccc(Br)cc4c3=O)C(=O)N2c2cc(C)ccn2)cc1. The van der Waals surface area contributed by atoms with Crippen LogP contribution in [0.2, 0.25) is 0 Å². The molecule has 0 N–H and O–H groups in total. The first-order valence-corrected chi connectivity index (χ1v) is 11.5. The van der Waals surface area contributed by atoms with Crippen LogP contribution in [-0.2, 0) is 0 Å². The third kappa shape index (κ3) is 3.72. The van der Waals surface area contributed by atoms with Gasteiger partial charge in [-0.2, -0.15) is 0 Å². The number of ether oxygens (including phenoxy) is 1. The number of amides is 1. The average molecular weight is 505 g/mol. The molecular formula is C26H21BrN2O4. The molecule has 7 heteroatoms. The summed E-state index contributed by atoms with van der Waals surface area (Å²) in [7, 11) is 0. The van der Waals surface area contributed by atoms with Crippen molar-refractivity contribution in [3.8, 4) is 5.75 Å². The number of fused-ring (bicyclic) bond motifs is 2. The molecule has 0 fully saturated rings. The van der Waals surface area contributed by atoms with E-state index in [1.807, 2.05) is 50.2 Å². The second-order valence-electron chi connectivity index (χ2n) is 8.00. The summed E-state index contributed by atoms with van der Waals surface area (Å²) < 4.78 is 12.5. The van der Waals surface area contributed by atoms with Gasteiger partial charge in [-0.25, -0.2) is 4.98 Å². The van der Waals surface area contributed by atoms with Crippen molar-refractivity contribution in [2.75, 3.05) is 11.5 Å². The van der Waals surface area contributed by atoms with Crippen LogP contribution < -0.4 is 15.1 Å². The molecule has 5 rings (SSSR count). The van der Waals surface area contributed by atoms with Gasteiger partial charge in [0.25, 0.3) is 5.91 Å². The van der Waals surface area contributed by atoms with Gasteiger partial charge in [0.2, 0.25) is 5.76 Å². The number of carbonyl (C=O) groups excluding carboxylic acids is 1. The first-order chi connectivity index (χ1) is 16.0. The molecule has 0 bridgehead atoms. The highest BCUT2D eigenvalue weighted by atomic mass is 79.9. The van der Waals surface area contributed by atoms with Crippen LogP contribution in [-0.4, -0.2) is 17.5 Å². The van der Waals surface area contributed by atoms with Crippen LogP contribution in [0.15, 0.2) is 74.5 Å². The van der Waals surface area contributed by atoms with Crippen LogP contribution in [0.3, 0.4) is 0 Å². The van der Waals surface area contributed by atoms with Gasteiger partial charge < -0.3 is 9.15 Å². The molecule has 166 valence electrons. The zero-order valence-corrected chi connectivity index (χ0v) is 19.8. The molecule has 0 radical (unpaired) electrons. The van der Waals surface area contributed by atoms with Gasteiger partial charge in [-0.15, -0.1) is 0 Å². The summed E-state index contributed by atoms with van der Waals surface area (Å²) in [5.41, 5.74) is 2.19. The number of aromatic nitrogens is 1. The lowest BCUT2D eigenvalue weighted by molar-refractivity contribution is 0.0970. The van der Waals surface area contributed by atoms with E-state index in [-0.39, 0.29) is 17.1 Å². The molecule has 0 saturated heterocycles. The number of rotatable bonds is 5. The van der Waals surface area contributed by atoms with Crippen molar-refractivity contribution in [3.05, 3.63) is 97.9 Å². The second-order valence-corrected chi connectivity index (χ2v) is 8.92. The number of nitrogens with zero attached hydrogens (tertiary/aromatic N) is 2. The number of halogens is 1. The second kappa shape index (κ2) is 8.48. The summed E-state index contributed by atoms with van der Waals surface area (Å²) in [5, 5.41) is 0.419. The fourth-order valence-corrected chi connectivity index (χ4v) is 4.48. The number of hydrogen-bond donors (Lipinski definition) is 0. The number of aryl methyl sites for hydroxylation is 1. The summed E-state index contributed by atoms with van der Waals surface area (Å²) in [6.45, 7) is 4.60. The third-order valence-electron chi connectivity index (χ3n) is 5.65. The normalized spacial score (nSPS) is 15.2. The van der Waals surface area contributed by atoms with Gasteiger partial charge in [-0.3, -0.25) is 14.5 Å². The standard InChI is InChI=1S/C26H21BrN2O4/c1-3-12-32-18-7-4-16(5-8-18)23-22-24(30)19-14-17(27)6-9-20(19)33-25(22)26(31)29(23)21-13-15(2)10-11-28-21/h4-11,13-14,23H,3,12H2,1-2H3. The lowest BCUT2D eigenvalue weighted by Crippen LogP contribution is -2.30. The maximum atomic E-state index is 13.6. The lowest BCUT2D eigenvalue weighted by atomic mass is 9.98. The van der Waals surface area contributed by atoms with Gasteiger partial charge in [0, 0.05) is 10.7 Å². The van der Waals surface area contributed by atoms with Crippen molar-refractivity contribution in [2.45, 2.75) is 26.3 Å². The molecule has 33 heavy (non-hydrogen) atoms. The number of anilines is 1. The smallest absolute Gasteiger partial charge is 0.296 e. The van der Waals surface area contributed by atoms with Crippen LogP contribution in [0, 0.1) is 6.92 Å². The van der Waals surface area contributed by atoms with Crippen molar-refractivity contribution in [2.24, 2.45) is 0 Å². The van der Waals surface area contributed by atoms with E-state index in [0.717, 1.165) is 27.8 Å². The molecule has 6 nitrogen and oxygen atoms in total. The van der Waals surface area contributed by atoms with Crippen LogP contribution >= 0.6 is 15.9 Å². The van der Waals surface area contributed by atoms with Crippen molar-refractivity contribution < 1.29 is 13.9 Å².